The minimum absolute atomic E-state index is 0.125. The Morgan fingerprint density at radius 1 is 1.42 bits per heavy atom. The van der Waals surface area contributed by atoms with Gasteiger partial charge in [0.25, 0.3) is 5.91 Å². The maximum atomic E-state index is 12.2. The number of aliphatic carboxylic acids is 1. The average Bonchev–Trinajstić information content (AvgIpc) is 2.38. The molecule has 1 saturated heterocycles. The Bertz CT molecular complexity index is 491. The van der Waals surface area contributed by atoms with Crippen LogP contribution in [-0.4, -0.2) is 44.7 Å². The van der Waals surface area contributed by atoms with Crippen LogP contribution < -0.4 is 0 Å². The molecule has 6 nitrogen and oxygen atoms in total. The van der Waals surface area contributed by atoms with E-state index in [-0.39, 0.29) is 28.7 Å². The van der Waals surface area contributed by atoms with Crippen molar-refractivity contribution in [2.75, 3.05) is 6.54 Å². The Labute approximate surface area is 115 Å². The third-order valence-corrected chi connectivity index (χ3v) is 3.54. The van der Waals surface area contributed by atoms with E-state index in [1.165, 1.54) is 12.1 Å². The molecule has 19 heavy (non-hydrogen) atoms. The van der Waals surface area contributed by atoms with Gasteiger partial charge in [0.05, 0.1) is 5.92 Å². The zero-order chi connectivity index (χ0) is 14.0. The van der Waals surface area contributed by atoms with Crippen molar-refractivity contribution in [3.63, 3.8) is 0 Å². The van der Waals surface area contributed by atoms with Crippen molar-refractivity contribution in [3.05, 3.63) is 23.0 Å². The van der Waals surface area contributed by atoms with Crippen molar-refractivity contribution < 1.29 is 14.7 Å². The second-order valence-electron chi connectivity index (χ2n) is 4.65. The van der Waals surface area contributed by atoms with Crippen LogP contribution in [0.5, 0.6) is 0 Å². The van der Waals surface area contributed by atoms with Gasteiger partial charge in [-0.05, 0) is 31.9 Å². The fraction of sp³-hybridized carbons (Fsp3) is 0.500. The molecule has 0 saturated carbocycles. The van der Waals surface area contributed by atoms with E-state index in [4.69, 9.17) is 16.7 Å². The lowest BCUT2D eigenvalue weighted by molar-refractivity contribution is -0.143. The minimum atomic E-state index is -0.801. The predicted octanol–water partition coefficient (Wildman–Crippen LogP) is 1.46. The lowest BCUT2D eigenvalue weighted by Gasteiger charge is -2.35. The van der Waals surface area contributed by atoms with Gasteiger partial charge in [0, 0.05) is 12.6 Å². The first-order valence-corrected chi connectivity index (χ1v) is 6.40. The lowest BCUT2D eigenvalue weighted by atomic mass is 9.91. The molecule has 0 aromatic carbocycles. The number of carboxylic acids is 1. The summed E-state index contributed by atoms with van der Waals surface area (Å²) in [7, 11) is 0. The topological polar surface area (TPSA) is 83.4 Å². The molecule has 102 valence electrons. The first-order chi connectivity index (χ1) is 8.99. The number of hydrogen-bond donors (Lipinski definition) is 1. The zero-order valence-electron chi connectivity index (χ0n) is 10.4. The molecule has 2 heterocycles. The predicted molar refractivity (Wildman–Crippen MR) is 67.9 cm³/mol. The number of halogens is 1. The van der Waals surface area contributed by atoms with Crippen molar-refractivity contribution in [1.29, 1.82) is 0 Å². The molecule has 1 aliphatic heterocycles. The molecular formula is C12H14ClN3O3. The molecular weight excluding hydrogens is 270 g/mol. The second-order valence-corrected chi connectivity index (χ2v) is 5.04. The number of piperidine rings is 1. The van der Waals surface area contributed by atoms with Gasteiger partial charge in [-0.2, -0.15) is 0 Å². The minimum Gasteiger partial charge on any atom is -0.481 e. The molecule has 7 heteroatoms. The second kappa shape index (κ2) is 5.52. The van der Waals surface area contributed by atoms with Crippen LogP contribution in [0.25, 0.3) is 0 Å². The van der Waals surface area contributed by atoms with Gasteiger partial charge in [0.15, 0.2) is 10.8 Å². The van der Waals surface area contributed by atoms with Crippen LogP contribution >= 0.6 is 11.6 Å². The van der Waals surface area contributed by atoms with E-state index >= 15 is 0 Å². The number of carbonyl (C=O) groups is 2. The highest BCUT2D eigenvalue weighted by Crippen LogP contribution is 2.24. The molecule has 2 unspecified atom stereocenters. The first-order valence-electron chi connectivity index (χ1n) is 6.02. The number of hydrogen-bond acceptors (Lipinski definition) is 4. The molecule has 0 bridgehead atoms. The van der Waals surface area contributed by atoms with Crippen molar-refractivity contribution in [1.82, 2.24) is 15.1 Å². The molecule has 1 aromatic heterocycles. The number of amides is 1. The summed E-state index contributed by atoms with van der Waals surface area (Å²) in [6.07, 6.45) is 0.925. The van der Waals surface area contributed by atoms with E-state index in [1.807, 2.05) is 6.92 Å². The molecule has 1 N–H and O–H groups in total. The number of nitrogens with zero attached hydrogens (tertiary/aromatic N) is 3. The molecule has 1 amide bonds. The van der Waals surface area contributed by atoms with Gasteiger partial charge in [-0.3, -0.25) is 9.59 Å². The van der Waals surface area contributed by atoms with Crippen LogP contribution in [0.1, 0.15) is 30.3 Å². The van der Waals surface area contributed by atoms with Gasteiger partial charge in [-0.1, -0.05) is 11.6 Å². The summed E-state index contributed by atoms with van der Waals surface area (Å²) < 4.78 is 0. The van der Waals surface area contributed by atoms with Crippen LogP contribution in [0.3, 0.4) is 0 Å². The molecule has 0 radical (unpaired) electrons. The van der Waals surface area contributed by atoms with Gasteiger partial charge < -0.3 is 10.0 Å². The number of aromatic nitrogens is 2. The number of rotatable bonds is 2. The maximum absolute atomic E-state index is 12.2. The normalized spacial score (nSPS) is 23.2. The van der Waals surface area contributed by atoms with Gasteiger partial charge >= 0.3 is 5.97 Å². The Balaban J connectivity index is 2.08. The Kier molecular flexibility index (Phi) is 3.99. The zero-order valence-corrected chi connectivity index (χ0v) is 11.2. The van der Waals surface area contributed by atoms with Crippen molar-refractivity contribution in [3.8, 4) is 0 Å². The highest BCUT2D eigenvalue weighted by molar-refractivity contribution is 6.29. The van der Waals surface area contributed by atoms with E-state index in [2.05, 4.69) is 10.2 Å². The third-order valence-electron chi connectivity index (χ3n) is 3.34. The van der Waals surface area contributed by atoms with Crippen molar-refractivity contribution in [2.24, 2.45) is 5.92 Å². The smallest absolute Gasteiger partial charge is 0.306 e. The average molecular weight is 284 g/mol. The number of carboxylic acid groups (broad SMARTS) is 1. The Hall–Kier alpha value is -1.69. The molecule has 0 spiro atoms. The molecule has 0 aliphatic carbocycles. The molecule has 2 rings (SSSR count). The van der Waals surface area contributed by atoms with E-state index < -0.39 is 5.97 Å². The van der Waals surface area contributed by atoms with Crippen LogP contribution in [0.15, 0.2) is 12.1 Å². The summed E-state index contributed by atoms with van der Waals surface area (Å²) in [6.45, 7) is 2.26. The van der Waals surface area contributed by atoms with Gasteiger partial charge in [0.1, 0.15) is 0 Å². The largest absolute Gasteiger partial charge is 0.481 e. The summed E-state index contributed by atoms with van der Waals surface area (Å²) >= 11 is 5.62. The van der Waals surface area contributed by atoms with Gasteiger partial charge in [-0.25, -0.2) is 0 Å². The summed E-state index contributed by atoms with van der Waals surface area (Å²) in [5.41, 5.74) is 0.227. The third kappa shape index (κ3) is 3.01. The molecule has 1 aromatic rings. The van der Waals surface area contributed by atoms with Crippen LogP contribution in [-0.2, 0) is 4.79 Å². The molecule has 1 aliphatic rings. The van der Waals surface area contributed by atoms with Crippen LogP contribution in [0, 0.1) is 5.92 Å². The van der Waals surface area contributed by atoms with E-state index in [0.29, 0.717) is 19.4 Å². The summed E-state index contributed by atoms with van der Waals surface area (Å²) in [6, 6.07) is 2.91. The fourth-order valence-electron chi connectivity index (χ4n) is 2.28. The van der Waals surface area contributed by atoms with E-state index in [9.17, 15) is 9.59 Å². The number of carbonyl (C=O) groups excluding carboxylic acids is 1. The van der Waals surface area contributed by atoms with Crippen LogP contribution in [0.4, 0.5) is 0 Å². The van der Waals surface area contributed by atoms with Gasteiger partial charge in [0.2, 0.25) is 0 Å². The standard InChI is InChI=1S/C12H14ClN3O3/c1-7-6-8(12(18)19)4-5-16(7)11(17)9-2-3-10(13)15-14-9/h2-3,7-8H,4-6H2,1H3,(H,18,19). The summed E-state index contributed by atoms with van der Waals surface area (Å²) in [5.74, 6) is -1.42. The van der Waals surface area contributed by atoms with E-state index in [0.717, 1.165) is 0 Å². The van der Waals surface area contributed by atoms with Gasteiger partial charge in [-0.15, -0.1) is 10.2 Å². The highest BCUT2D eigenvalue weighted by Gasteiger charge is 2.33. The Morgan fingerprint density at radius 2 is 2.16 bits per heavy atom. The van der Waals surface area contributed by atoms with Crippen LogP contribution in [0.2, 0.25) is 5.15 Å². The lowest BCUT2D eigenvalue weighted by Crippen LogP contribution is -2.46. The monoisotopic (exact) mass is 283 g/mol. The van der Waals surface area contributed by atoms with E-state index in [1.54, 1.807) is 4.90 Å². The Morgan fingerprint density at radius 3 is 2.68 bits per heavy atom. The summed E-state index contributed by atoms with van der Waals surface area (Å²) in [4.78, 5) is 24.8. The fourth-order valence-corrected chi connectivity index (χ4v) is 2.38. The maximum Gasteiger partial charge on any atom is 0.306 e. The highest BCUT2D eigenvalue weighted by atomic mass is 35.5. The quantitative estimate of drug-likeness (QED) is 0.888. The molecule has 1 fully saturated rings. The number of likely N-dealkylation sites (tertiary alicyclic amines) is 1. The van der Waals surface area contributed by atoms with Crippen molar-refractivity contribution in [2.45, 2.75) is 25.8 Å². The SMILES string of the molecule is CC1CC(C(=O)O)CCN1C(=O)c1ccc(Cl)nn1. The molecule has 2 atom stereocenters. The summed E-state index contributed by atoms with van der Waals surface area (Å²) in [5, 5.41) is 16.6. The first kappa shape index (κ1) is 13.7. The van der Waals surface area contributed by atoms with Crippen molar-refractivity contribution >= 4 is 23.5 Å².